The van der Waals surface area contributed by atoms with E-state index in [1.54, 1.807) is 0 Å². The van der Waals surface area contributed by atoms with Crippen molar-refractivity contribution in [1.82, 2.24) is 5.32 Å². The SMILES string of the molecule is Nc1ccc(F)cc1C(=O)NCC1CCCCS1. The molecule has 1 aliphatic heterocycles. The predicted molar refractivity (Wildman–Crippen MR) is 73.2 cm³/mol. The summed E-state index contributed by atoms with van der Waals surface area (Å²) in [4.78, 5) is 11.9. The third kappa shape index (κ3) is 3.38. The topological polar surface area (TPSA) is 55.1 Å². The van der Waals surface area contributed by atoms with Gasteiger partial charge in [0.1, 0.15) is 5.82 Å². The van der Waals surface area contributed by atoms with Crippen molar-refractivity contribution in [3.63, 3.8) is 0 Å². The van der Waals surface area contributed by atoms with Crippen LogP contribution in [0.4, 0.5) is 10.1 Å². The second kappa shape index (κ2) is 6.09. The molecule has 1 heterocycles. The van der Waals surface area contributed by atoms with Gasteiger partial charge in [-0.25, -0.2) is 4.39 Å². The lowest BCUT2D eigenvalue weighted by atomic mass is 10.1. The summed E-state index contributed by atoms with van der Waals surface area (Å²) >= 11 is 1.89. The first-order valence-corrected chi connectivity index (χ1v) is 7.16. The Hall–Kier alpha value is -1.23. The van der Waals surface area contributed by atoms with E-state index in [2.05, 4.69) is 5.32 Å². The Morgan fingerprint density at radius 2 is 2.33 bits per heavy atom. The lowest BCUT2D eigenvalue weighted by Gasteiger charge is -2.21. The maximum Gasteiger partial charge on any atom is 0.253 e. The number of thioether (sulfide) groups is 1. The van der Waals surface area contributed by atoms with Crippen LogP contribution in [0.25, 0.3) is 0 Å². The van der Waals surface area contributed by atoms with Crippen LogP contribution in [-0.4, -0.2) is 23.5 Å². The maximum atomic E-state index is 13.1. The van der Waals surface area contributed by atoms with Gasteiger partial charge in [0, 0.05) is 17.5 Å². The number of halogens is 1. The van der Waals surface area contributed by atoms with Gasteiger partial charge in [-0.2, -0.15) is 11.8 Å². The van der Waals surface area contributed by atoms with Crippen LogP contribution in [0.3, 0.4) is 0 Å². The molecule has 3 N–H and O–H groups in total. The summed E-state index contributed by atoms with van der Waals surface area (Å²) in [5, 5.41) is 3.30. The fourth-order valence-corrected chi connectivity index (χ4v) is 3.23. The molecule has 1 saturated heterocycles. The zero-order chi connectivity index (χ0) is 13.0. The third-order valence-corrected chi connectivity index (χ3v) is 4.42. The van der Waals surface area contributed by atoms with E-state index in [4.69, 9.17) is 5.73 Å². The van der Waals surface area contributed by atoms with Crippen LogP contribution in [-0.2, 0) is 0 Å². The first-order chi connectivity index (χ1) is 8.66. The van der Waals surface area contributed by atoms with Crippen molar-refractivity contribution in [3.8, 4) is 0 Å². The minimum Gasteiger partial charge on any atom is -0.398 e. The lowest BCUT2D eigenvalue weighted by Crippen LogP contribution is -2.32. The average Bonchev–Trinajstić information content (AvgIpc) is 2.40. The molecule has 0 radical (unpaired) electrons. The molecule has 2 rings (SSSR count). The van der Waals surface area contributed by atoms with Crippen LogP contribution in [0.15, 0.2) is 18.2 Å². The number of anilines is 1. The van der Waals surface area contributed by atoms with Gasteiger partial charge in [-0.3, -0.25) is 4.79 Å². The van der Waals surface area contributed by atoms with Crippen molar-refractivity contribution in [2.45, 2.75) is 24.5 Å². The number of nitrogens with one attached hydrogen (secondary N) is 1. The number of rotatable bonds is 3. The Kier molecular flexibility index (Phi) is 4.47. The number of carbonyl (C=O) groups is 1. The van der Waals surface area contributed by atoms with Crippen molar-refractivity contribution >= 4 is 23.4 Å². The normalized spacial score (nSPS) is 19.5. The van der Waals surface area contributed by atoms with Crippen molar-refractivity contribution in [2.75, 3.05) is 18.0 Å². The number of nitrogens with two attached hydrogens (primary N) is 1. The Balaban J connectivity index is 1.92. The van der Waals surface area contributed by atoms with Crippen molar-refractivity contribution in [1.29, 1.82) is 0 Å². The molecule has 1 aromatic carbocycles. The van der Waals surface area contributed by atoms with E-state index in [0.717, 1.165) is 12.2 Å². The number of carbonyl (C=O) groups excluding carboxylic acids is 1. The van der Waals surface area contributed by atoms with Crippen LogP contribution < -0.4 is 11.1 Å². The summed E-state index contributed by atoms with van der Waals surface area (Å²) in [6, 6.07) is 3.85. The molecule has 1 aromatic rings. The fraction of sp³-hybridized carbons (Fsp3) is 0.462. The van der Waals surface area contributed by atoms with Gasteiger partial charge in [-0.1, -0.05) is 6.42 Å². The number of benzene rings is 1. The highest BCUT2D eigenvalue weighted by atomic mass is 32.2. The Bertz CT molecular complexity index is 433. The molecular formula is C13H17FN2OS. The zero-order valence-corrected chi connectivity index (χ0v) is 10.9. The lowest BCUT2D eigenvalue weighted by molar-refractivity contribution is 0.0954. The zero-order valence-electron chi connectivity index (χ0n) is 10.1. The van der Waals surface area contributed by atoms with Gasteiger partial charge < -0.3 is 11.1 Å². The quantitative estimate of drug-likeness (QED) is 0.828. The van der Waals surface area contributed by atoms with Crippen LogP contribution >= 0.6 is 11.8 Å². The molecular weight excluding hydrogens is 251 g/mol. The molecule has 5 heteroatoms. The summed E-state index contributed by atoms with van der Waals surface area (Å²) in [6.45, 7) is 0.624. The standard InChI is InChI=1S/C13H17FN2OS/c14-9-4-5-12(15)11(7-9)13(17)16-8-10-3-1-2-6-18-10/h4-5,7,10H,1-3,6,8,15H2,(H,16,17). The predicted octanol–water partition coefficient (Wildman–Crippen LogP) is 2.42. The minimum absolute atomic E-state index is 0.218. The molecule has 1 fully saturated rings. The second-order valence-corrected chi connectivity index (χ2v) is 5.84. The van der Waals surface area contributed by atoms with Crippen molar-refractivity contribution in [2.24, 2.45) is 0 Å². The average molecular weight is 268 g/mol. The molecule has 1 amide bonds. The highest BCUT2D eigenvalue weighted by Gasteiger charge is 2.16. The maximum absolute atomic E-state index is 13.1. The number of nitrogen functional groups attached to an aromatic ring is 1. The van der Waals surface area contributed by atoms with E-state index in [0.29, 0.717) is 17.5 Å². The van der Waals surface area contributed by atoms with Gasteiger partial charge >= 0.3 is 0 Å². The van der Waals surface area contributed by atoms with Gasteiger partial charge in [-0.05, 0) is 36.8 Å². The molecule has 0 aliphatic carbocycles. The van der Waals surface area contributed by atoms with Crippen LogP contribution in [0.2, 0.25) is 0 Å². The van der Waals surface area contributed by atoms with Gasteiger partial charge in [0.2, 0.25) is 0 Å². The molecule has 1 aliphatic rings. The van der Waals surface area contributed by atoms with Crippen molar-refractivity contribution < 1.29 is 9.18 Å². The summed E-state index contributed by atoms with van der Waals surface area (Å²) in [6.07, 6.45) is 3.60. The summed E-state index contributed by atoms with van der Waals surface area (Å²) in [5.74, 6) is 0.419. The molecule has 0 aromatic heterocycles. The highest BCUT2D eigenvalue weighted by molar-refractivity contribution is 7.99. The van der Waals surface area contributed by atoms with Gasteiger partial charge in [0.05, 0.1) is 5.56 Å². The van der Waals surface area contributed by atoms with Crippen molar-refractivity contribution in [3.05, 3.63) is 29.6 Å². The summed E-state index contributed by atoms with van der Waals surface area (Å²) in [7, 11) is 0. The Morgan fingerprint density at radius 3 is 3.06 bits per heavy atom. The molecule has 3 nitrogen and oxygen atoms in total. The van der Waals surface area contributed by atoms with E-state index >= 15 is 0 Å². The van der Waals surface area contributed by atoms with E-state index in [9.17, 15) is 9.18 Å². The number of hydrogen-bond donors (Lipinski definition) is 2. The minimum atomic E-state index is -0.443. The van der Waals surface area contributed by atoms with E-state index in [-0.39, 0.29) is 11.5 Å². The van der Waals surface area contributed by atoms with Gasteiger partial charge in [-0.15, -0.1) is 0 Å². The first-order valence-electron chi connectivity index (χ1n) is 6.11. The first kappa shape index (κ1) is 13.2. The molecule has 0 saturated carbocycles. The van der Waals surface area contributed by atoms with Crippen LogP contribution in [0.5, 0.6) is 0 Å². The summed E-state index contributed by atoms with van der Waals surface area (Å²) in [5.41, 5.74) is 6.20. The van der Waals surface area contributed by atoms with E-state index in [1.165, 1.54) is 31.0 Å². The molecule has 1 unspecified atom stereocenters. The molecule has 0 bridgehead atoms. The second-order valence-electron chi connectivity index (χ2n) is 4.43. The van der Waals surface area contributed by atoms with E-state index in [1.807, 2.05) is 11.8 Å². The number of hydrogen-bond acceptors (Lipinski definition) is 3. The molecule has 0 spiro atoms. The van der Waals surface area contributed by atoms with Crippen LogP contribution in [0.1, 0.15) is 29.6 Å². The summed E-state index contributed by atoms with van der Waals surface area (Å²) < 4.78 is 13.1. The highest BCUT2D eigenvalue weighted by Crippen LogP contribution is 2.24. The number of amides is 1. The monoisotopic (exact) mass is 268 g/mol. The van der Waals surface area contributed by atoms with E-state index < -0.39 is 5.82 Å². The molecule has 98 valence electrons. The Morgan fingerprint density at radius 1 is 1.50 bits per heavy atom. The fourth-order valence-electron chi connectivity index (χ4n) is 2.00. The Labute approximate surface area is 110 Å². The largest absolute Gasteiger partial charge is 0.398 e. The van der Waals surface area contributed by atoms with Gasteiger partial charge in [0.15, 0.2) is 0 Å². The smallest absolute Gasteiger partial charge is 0.253 e. The molecule has 18 heavy (non-hydrogen) atoms. The van der Waals surface area contributed by atoms with Crippen LogP contribution in [0, 0.1) is 5.82 Å². The third-order valence-electron chi connectivity index (χ3n) is 3.02. The molecule has 1 atom stereocenters. The van der Waals surface area contributed by atoms with Gasteiger partial charge in [0.25, 0.3) is 5.91 Å².